The molecule has 0 saturated heterocycles. The summed E-state index contributed by atoms with van der Waals surface area (Å²) >= 11 is 0. The smallest absolute Gasteiger partial charge is 0.365 e. The van der Waals surface area contributed by atoms with Gasteiger partial charge in [-0.2, -0.15) is 0 Å². The van der Waals surface area contributed by atoms with E-state index in [1.165, 1.54) is 64.2 Å². The van der Waals surface area contributed by atoms with Crippen molar-refractivity contribution >= 4 is 7.60 Å². The molecule has 0 heterocycles. The molecule has 0 radical (unpaired) electrons. The molecule has 2 N–H and O–H groups in total. The fraction of sp³-hybridized carbons (Fsp3) is 0.727. The van der Waals surface area contributed by atoms with Gasteiger partial charge in [0.05, 0.1) is 0 Å². The monoisotopic (exact) mass is 398 g/mol. The minimum absolute atomic E-state index is 0.400. The third kappa shape index (κ3) is 13.1. The van der Waals surface area contributed by atoms with E-state index in [-0.39, 0.29) is 0 Å². The molecule has 0 amide bonds. The molecule has 0 aromatic heterocycles. The zero-order chi connectivity index (χ0) is 19.8. The quantitative estimate of drug-likeness (QED) is 0.218. The van der Waals surface area contributed by atoms with Crippen LogP contribution in [0, 0.1) is 0 Å². The summed E-state index contributed by atoms with van der Waals surface area (Å²) in [5, 5.41) is 0. The summed E-state index contributed by atoms with van der Waals surface area (Å²) in [6.07, 6.45) is 16.7. The molecule has 0 fully saturated rings. The van der Waals surface area contributed by atoms with Crippen molar-refractivity contribution in [2.45, 2.75) is 103 Å². The maximum absolute atomic E-state index is 11.7. The Hall–Kier alpha value is -0.830. The maximum Gasteiger partial charge on any atom is 0.365 e. The van der Waals surface area contributed by atoms with Gasteiger partial charge in [-0.15, -0.1) is 0 Å². The van der Waals surface area contributed by atoms with Crippen molar-refractivity contribution in [2.75, 3.05) is 0 Å². The third-order valence-electron chi connectivity index (χ3n) is 4.95. The number of hydrogen-bond acceptors (Lipinski definition) is 2. The highest BCUT2D eigenvalue weighted by Crippen LogP contribution is 2.44. The van der Waals surface area contributed by atoms with Crippen molar-refractivity contribution < 1.29 is 19.1 Å². The van der Waals surface area contributed by atoms with Gasteiger partial charge in [-0.1, -0.05) is 102 Å². The zero-order valence-corrected chi connectivity index (χ0v) is 17.9. The van der Waals surface area contributed by atoms with Crippen molar-refractivity contribution in [3.05, 3.63) is 30.3 Å². The summed E-state index contributed by atoms with van der Waals surface area (Å²) in [6.45, 7) is 2.25. The second-order valence-corrected chi connectivity index (χ2v) is 9.26. The average molecular weight is 399 g/mol. The molecule has 0 aliphatic rings. The van der Waals surface area contributed by atoms with Crippen LogP contribution in [0.3, 0.4) is 0 Å². The first-order chi connectivity index (χ1) is 13.0. The topological polar surface area (TPSA) is 66.8 Å². The van der Waals surface area contributed by atoms with Crippen LogP contribution in [0.15, 0.2) is 30.3 Å². The Morgan fingerprint density at radius 2 is 1.22 bits per heavy atom. The Morgan fingerprint density at radius 3 is 1.67 bits per heavy atom. The molecule has 0 aliphatic carbocycles. The lowest BCUT2D eigenvalue weighted by molar-refractivity contribution is 0.211. The molecule has 0 aliphatic heterocycles. The maximum atomic E-state index is 11.7. The van der Waals surface area contributed by atoms with Gasteiger partial charge in [0.25, 0.3) is 0 Å². The van der Waals surface area contributed by atoms with Crippen LogP contribution in [-0.2, 0) is 4.57 Å². The van der Waals surface area contributed by atoms with E-state index in [1.54, 1.807) is 24.3 Å². The SMILES string of the molecule is CCCCCCCCCCCCCCCC(Oc1ccccc1)P(=O)(O)O. The number of para-hydroxylation sites is 1. The van der Waals surface area contributed by atoms with E-state index in [4.69, 9.17) is 4.74 Å². The number of ether oxygens (including phenoxy) is 1. The molecule has 0 bridgehead atoms. The number of hydrogen-bond donors (Lipinski definition) is 2. The largest absolute Gasteiger partial charge is 0.478 e. The van der Waals surface area contributed by atoms with Gasteiger partial charge < -0.3 is 14.5 Å². The van der Waals surface area contributed by atoms with Gasteiger partial charge in [-0.3, -0.25) is 4.57 Å². The Bertz CT molecular complexity index is 500. The average Bonchev–Trinajstić information content (AvgIpc) is 2.64. The van der Waals surface area contributed by atoms with Gasteiger partial charge in [0.1, 0.15) is 5.75 Å². The third-order valence-corrected chi connectivity index (χ3v) is 6.06. The van der Waals surface area contributed by atoms with Crippen LogP contribution >= 0.6 is 7.60 Å². The molecule has 5 heteroatoms. The Balaban J connectivity index is 2.04. The molecule has 1 aromatic carbocycles. The number of rotatable bonds is 17. The first-order valence-corrected chi connectivity index (χ1v) is 12.5. The lowest BCUT2D eigenvalue weighted by atomic mass is 10.0. The molecule has 27 heavy (non-hydrogen) atoms. The van der Waals surface area contributed by atoms with E-state index in [9.17, 15) is 14.4 Å². The minimum Gasteiger partial charge on any atom is -0.478 e. The first kappa shape index (κ1) is 24.2. The van der Waals surface area contributed by atoms with Gasteiger partial charge >= 0.3 is 7.60 Å². The summed E-state index contributed by atoms with van der Waals surface area (Å²) in [5.41, 5.74) is 0. The Labute approximate surface area is 165 Å². The molecule has 1 atom stereocenters. The Morgan fingerprint density at radius 1 is 0.778 bits per heavy atom. The second kappa shape index (κ2) is 15.1. The fourth-order valence-electron chi connectivity index (χ4n) is 3.29. The minimum atomic E-state index is -4.25. The van der Waals surface area contributed by atoms with E-state index in [1.807, 2.05) is 6.07 Å². The van der Waals surface area contributed by atoms with E-state index in [0.717, 1.165) is 19.3 Å². The predicted molar refractivity (Wildman–Crippen MR) is 113 cm³/mol. The lowest BCUT2D eigenvalue weighted by Gasteiger charge is -2.20. The number of unbranched alkanes of at least 4 members (excludes halogenated alkanes) is 12. The molecular weight excluding hydrogens is 359 g/mol. The standard InChI is InChI=1S/C22H39O4P/c1-2-3-4-5-6-7-8-9-10-11-12-13-17-20-22(27(23,24)25)26-21-18-15-14-16-19-21/h14-16,18-19,22H,2-13,17,20H2,1H3,(H2,23,24,25). The van der Waals surface area contributed by atoms with Crippen LogP contribution in [0.2, 0.25) is 0 Å². The summed E-state index contributed by atoms with van der Waals surface area (Å²) < 4.78 is 17.2. The normalized spacial score (nSPS) is 12.9. The molecule has 1 aromatic rings. The van der Waals surface area contributed by atoms with Crippen LogP contribution in [-0.4, -0.2) is 15.6 Å². The molecule has 1 rings (SSSR count). The van der Waals surface area contributed by atoms with Crippen molar-refractivity contribution in [3.8, 4) is 5.75 Å². The van der Waals surface area contributed by atoms with Crippen LogP contribution in [0.4, 0.5) is 0 Å². The van der Waals surface area contributed by atoms with Crippen LogP contribution in [0.25, 0.3) is 0 Å². The summed E-state index contributed by atoms with van der Waals surface area (Å²) in [7, 11) is -4.25. The second-order valence-electron chi connectivity index (χ2n) is 7.51. The van der Waals surface area contributed by atoms with E-state index < -0.39 is 13.4 Å². The van der Waals surface area contributed by atoms with Gasteiger partial charge in [0.15, 0.2) is 5.85 Å². The van der Waals surface area contributed by atoms with Crippen molar-refractivity contribution in [3.63, 3.8) is 0 Å². The molecule has 156 valence electrons. The van der Waals surface area contributed by atoms with E-state index in [0.29, 0.717) is 12.2 Å². The molecule has 1 unspecified atom stereocenters. The number of benzene rings is 1. The molecule has 4 nitrogen and oxygen atoms in total. The fourth-order valence-corrected chi connectivity index (χ4v) is 4.07. The van der Waals surface area contributed by atoms with Crippen molar-refractivity contribution in [1.82, 2.24) is 0 Å². The van der Waals surface area contributed by atoms with Crippen molar-refractivity contribution in [1.29, 1.82) is 0 Å². The Kier molecular flexibility index (Phi) is 13.6. The predicted octanol–water partition coefficient (Wildman–Crippen LogP) is 7.05. The highest BCUT2D eigenvalue weighted by Gasteiger charge is 2.30. The van der Waals surface area contributed by atoms with Gasteiger partial charge in [-0.05, 0) is 25.0 Å². The van der Waals surface area contributed by atoms with Gasteiger partial charge in [0, 0.05) is 0 Å². The highest BCUT2D eigenvalue weighted by molar-refractivity contribution is 7.52. The van der Waals surface area contributed by atoms with E-state index >= 15 is 0 Å². The molecular formula is C22H39O4P. The zero-order valence-electron chi connectivity index (χ0n) is 17.0. The lowest BCUT2D eigenvalue weighted by Crippen LogP contribution is -2.16. The van der Waals surface area contributed by atoms with Crippen molar-refractivity contribution in [2.24, 2.45) is 0 Å². The molecule has 0 spiro atoms. The van der Waals surface area contributed by atoms with E-state index in [2.05, 4.69) is 6.92 Å². The van der Waals surface area contributed by atoms with Crippen LogP contribution < -0.4 is 4.74 Å². The van der Waals surface area contributed by atoms with Crippen LogP contribution in [0.1, 0.15) is 96.8 Å². The van der Waals surface area contributed by atoms with Gasteiger partial charge in [-0.25, -0.2) is 0 Å². The molecule has 0 saturated carbocycles. The van der Waals surface area contributed by atoms with Crippen LogP contribution in [0.5, 0.6) is 5.75 Å². The van der Waals surface area contributed by atoms with Gasteiger partial charge in [0.2, 0.25) is 0 Å². The summed E-state index contributed by atoms with van der Waals surface area (Å²) in [5.74, 6) is -0.520. The summed E-state index contributed by atoms with van der Waals surface area (Å²) in [6, 6.07) is 8.92. The highest BCUT2D eigenvalue weighted by atomic mass is 31.2. The summed E-state index contributed by atoms with van der Waals surface area (Å²) in [4.78, 5) is 19.0. The first-order valence-electron chi connectivity index (χ1n) is 10.8.